The van der Waals surface area contributed by atoms with Crippen LogP contribution in [0.15, 0.2) is 22.0 Å². The van der Waals surface area contributed by atoms with E-state index in [0.717, 1.165) is 0 Å². The lowest BCUT2D eigenvalue weighted by Gasteiger charge is -2.09. The van der Waals surface area contributed by atoms with Crippen LogP contribution in [-0.4, -0.2) is 39.6 Å². The number of hydrogen-bond acceptors (Lipinski definition) is 5. The summed E-state index contributed by atoms with van der Waals surface area (Å²) in [7, 11) is 1.83. The highest BCUT2D eigenvalue weighted by molar-refractivity contribution is 7.98. The Labute approximate surface area is 175 Å². The van der Waals surface area contributed by atoms with E-state index in [0.29, 0.717) is 55.6 Å². The number of H-pyrrole nitrogens is 1. The number of nitrogens with zero attached hydrogens (tertiary/aromatic N) is 3. The van der Waals surface area contributed by atoms with Crippen LogP contribution in [0.5, 0.6) is 0 Å². The minimum atomic E-state index is -0.243. The van der Waals surface area contributed by atoms with Crippen molar-refractivity contribution >= 4 is 70.0 Å². The first kappa shape index (κ1) is 21.3. The Kier molecular flexibility index (Phi) is 7.24. The van der Waals surface area contributed by atoms with Gasteiger partial charge in [0.25, 0.3) is 5.56 Å². The van der Waals surface area contributed by atoms with E-state index in [1.54, 1.807) is 12.1 Å². The first-order valence-electron chi connectivity index (χ1n) is 7.31. The van der Waals surface area contributed by atoms with Crippen molar-refractivity contribution in [2.75, 3.05) is 19.8 Å². The van der Waals surface area contributed by atoms with E-state index in [1.807, 2.05) is 13.3 Å². The summed E-state index contributed by atoms with van der Waals surface area (Å²) in [5.41, 5.74) is 0.605. The number of benzene rings is 1. The van der Waals surface area contributed by atoms with E-state index in [9.17, 15) is 4.79 Å². The predicted octanol–water partition coefficient (Wildman–Crippen LogP) is 3.97. The summed E-state index contributed by atoms with van der Waals surface area (Å²) in [4.78, 5) is 19.9. The Bertz CT molecular complexity index is 981. The van der Waals surface area contributed by atoms with Gasteiger partial charge in [-0.2, -0.15) is 5.10 Å². The molecule has 0 aliphatic carbocycles. The van der Waals surface area contributed by atoms with Crippen molar-refractivity contribution in [2.45, 2.75) is 11.4 Å². The molecule has 0 unspecified atom stereocenters. The van der Waals surface area contributed by atoms with Gasteiger partial charge in [-0.05, 0) is 25.4 Å². The second-order valence-corrected chi connectivity index (χ2v) is 7.25. The third-order valence-corrected chi connectivity index (χ3v) is 5.02. The standard InChI is InChI=1S/C15H14Cl3N5OS.ClH/c1-19-4-3-10-20-13-11(14(24)21-10)15(25-2)22-23(13)12-8(17)5-7(16)6-9(12)18;/h5-6,19H,3-4H2,1-2H3,(H,20,21,24);1H. The first-order valence-corrected chi connectivity index (χ1v) is 9.67. The molecule has 0 aliphatic heterocycles. The van der Waals surface area contributed by atoms with Crippen LogP contribution in [0.2, 0.25) is 15.1 Å². The highest BCUT2D eigenvalue weighted by Crippen LogP contribution is 2.34. The normalized spacial score (nSPS) is 11.0. The molecule has 0 aliphatic rings. The summed E-state index contributed by atoms with van der Waals surface area (Å²) in [5, 5.41) is 9.53. The second kappa shape index (κ2) is 8.82. The van der Waals surface area contributed by atoms with Crippen LogP contribution in [-0.2, 0) is 6.42 Å². The molecule has 2 N–H and O–H groups in total. The largest absolute Gasteiger partial charge is 0.319 e. The minimum Gasteiger partial charge on any atom is -0.319 e. The topological polar surface area (TPSA) is 75.6 Å². The number of nitrogens with one attached hydrogen (secondary N) is 2. The number of likely N-dealkylation sites (N-methyl/N-ethyl adjacent to an activating group) is 1. The van der Waals surface area contributed by atoms with E-state index in [1.165, 1.54) is 16.4 Å². The van der Waals surface area contributed by atoms with Gasteiger partial charge in [-0.25, -0.2) is 9.67 Å². The van der Waals surface area contributed by atoms with Crippen molar-refractivity contribution in [1.82, 2.24) is 25.1 Å². The zero-order chi connectivity index (χ0) is 18.1. The molecular weight excluding hydrogens is 440 g/mol. The third kappa shape index (κ3) is 3.98. The molecule has 1 aromatic carbocycles. The summed E-state index contributed by atoms with van der Waals surface area (Å²) >= 11 is 20.0. The van der Waals surface area contributed by atoms with E-state index in [-0.39, 0.29) is 18.0 Å². The maximum Gasteiger partial charge on any atom is 0.263 e. The average molecular weight is 455 g/mol. The molecule has 26 heavy (non-hydrogen) atoms. The molecule has 2 aromatic heterocycles. The highest BCUT2D eigenvalue weighted by Gasteiger charge is 2.21. The Balaban J connectivity index is 0.00000243. The zero-order valence-corrected chi connectivity index (χ0v) is 17.7. The first-order chi connectivity index (χ1) is 12.0. The number of hydrogen-bond donors (Lipinski definition) is 2. The van der Waals surface area contributed by atoms with Crippen LogP contribution in [0.1, 0.15) is 5.82 Å². The van der Waals surface area contributed by atoms with Gasteiger partial charge in [0.15, 0.2) is 5.65 Å². The SMILES string of the molecule is CNCCc1nc2c(c(SC)nn2-c2c(Cl)cc(Cl)cc2Cl)c(=O)[nH]1.Cl. The number of aromatic nitrogens is 4. The van der Waals surface area contributed by atoms with Crippen LogP contribution in [0, 0.1) is 0 Å². The summed E-state index contributed by atoms with van der Waals surface area (Å²) in [6.07, 6.45) is 2.41. The van der Waals surface area contributed by atoms with Crippen LogP contribution < -0.4 is 10.9 Å². The van der Waals surface area contributed by atoms with E-state index < -0.39 is 0 Å². The van der Waals surface area contributed by atoms with Gasteiger partial charge in [0, 0.05) is 18.0 Å². The van der Waals surface area contributed by atoms with Crippen molar-refractivity contribution in [3.63, 3.8) is 0 Å². The lowest BCUT2D eigenvalue weighted by atomic mass is 10.3. The molecule has 0 bridgehead atoms. The lowest BCUT2D eigenvalue weighted by Crippen LogP contribution is -2.17. The average Bonchev–Trinajstić information content (AvgIpc) is 2.91. The molecular formula is C15H15Cl4N5OS. The summed E-state index contributed by atoms with van der Waals surface area (Å²) < 4.78 is 1.50. The van der Waals surface area contributed by atoms with E-state index in [4.69, 9.17) is 34.8 Å². The van der Waals surface area contributed by atoms with Gasteiger partial charge in [-0.1, -0.05) is 34.8 Å². The molecule has 0 spiro atoms. The summed E-state index contributed by atoms with van der Waals surface area (Å²) in [6.45, 7) is 0.681. The monoisotopic (exact) mass is 453 g/mol. The third-order valence-electron chi connectivity index (χ3n) is 3.55. The fourth-order valence-corrected chi connectivity index (χ4v) is 3.97. The predicted molar refractivity (Wildman–Crippen MR) is 111 cm³/mol. The molecule has 6 nitrogen and oxygen atoms in total. The lowest BCUT2D eigenvalue weighted by molar-refractivity contribution is 0.752. The van der Waals surface area contributed by atoms with Crippen LogP contribution in [0.4, 0.5) is 0 Å². The molecule has 0 atom stereocenters. The fraction of sp³-hybridized carbons (Fsp3) is 0.267. The van der Waals surface area contributed by atoms with Crippen molar-refractivity contribution in [2.24, 2.45) is 0 Å². The maximum atomic E-state index is 12.5. The van der Waals surface area contributed by atoms with Crippen LogP contribution in [0.25, 0.3) is 16.7 Å². The van der Waals surface area contributed by atoms with Crippen molar-refractivity contribution in [3.8, 4) is 5.69 Å². The van der Waals surface area contributed by atoms with Gasteiger partial charge < -0.3 is 10.3 Å². The Morgan fingerprint density at radius 3 is 2.50 bits per heavy atom. The molecule has 0 amide bonds. The number of aromatic amines is 1. The quantitative estimate of drug-likeness (QED) is 0.570. The van der Waals surface area contributed by atoms with E-state index in [2.05, 4.69) is 20.4 Å². The highest BCUT2D eigenvalue weighted by atomic mass is 35.5. The van der Waals surface area contributed by atoms with E-state index >= 15 is 0 Å². The smallest absolute Gasteiger partial charge is 0.263 e. The molecule has 0 saturated heterocycles. The van der Waals surface area contributed by atoms with Gasteiger partial charge in [0.2, 0.25) is 0 Å². The number of rotatable bonds is 5. The van der Waals surface area contributed by atoms with Gasteiger partial charge in [-0.3, -0.25) is 4.79 Å². The summed E-state index contributed by atoms with van der Waals surface area (Å²) in [5.74, 6) is 0.557. The van der Waals surface area contributed by atoms with Crippen LogP contribution >= 0.6 is 59.0 Å². The van der Waals surface area contributed by atoms with Gasteiger partial charge >= 0.3 is 0 Å². The molecule has 0 fully saturated rings. The van der Waals surface area contributed by atoms with Crippen molar-refractivity contribution < 1.29 is 0 Å². The fourth-order valence-electron chi connectivity index (χ4n) is 2.44. The van der Waals surface area contributed by atoms with Crippen LogP contribution in [0.3, 0.4) is 0 Å². The molecule has 3 aromatic rings. The Morgan fingerprint density at radius 1 is 1.27 bits per heavy atom. The second-order valence-electron chi connectivity index (χ2n) is 5.20. The van der Waals surface area contributed by atoms with Crippen molar-refractivity contribution in [1.29, 1.82) is 0 Å². The van der Waals surface area contributed by atoms with Gasteiger partial charge in [-0.15, -0.1) is 24.2 Å². The van der Waals surface area contributed by atoms with Gasteiger partial charge in [0.05, 0.1) is 10.0 Å². The molecule has 2 heterocycles. The molecule has 0 radical (unpaired) electrons. The minimum absolute atomic E-state index is 0. The number of fused-ring (bicyclic) bond motifs is 1. The Hall–Kier alpha value is -0.960. The molecule has 11 heteroatoms. The van der Waals surface area contributed by atoms with Gasteiger partial charge in [0.1, 0.15) is 21.9 Å². The number of halogens is 4. The summed E-state index contributed by atoms with van der Waals surface area (Å²) in [6, 6.07) is 3.15. The van der Waals surface area contributed by atoms with Crippen molar-refractivity contribution in [3.05, 3.63) is 43.4 Å². The molecule has 3 rings (SSSR count). The Morgan fingerprint density at radius 2 is 1.92 bits per heavy atom. The maximum absolute atomic E-state index is 12.5. The molecule has 140 valence electrons. The molecule has 0 saturated carbocycles. The number of thioether (sulfide) groups is 1. The zero-order valence-electron chi connectivity index (χ0n) is 13.8.